The van der Waals surface area contributed by atoms with Gasteiger partial charge < -0.3 is 9.72 Å². The van der Waals surface area contributed by atoms with Crippen molar-refractivity contribution in [3.05, 3.63) is 60.3 Å². The van der Waals surface area contributed by atoms with Crippen molar-refractivity contribution in [3.63, 3.8) is 0 Å². The number of morpholine rings is 1. The van der Waals surface area contributed by atoms with Crippen LogP contribution in [0.25, 0.3) is 10.9 Å². The largest absolute Gasteiger partial charge is 0.376 e. The molecule has 0 unspecified atom stereocenters. The zero-order chi connectivity index (χ0) is 16.2. The van der Waals surface area contributed by atoms with Crippen LogP contribution in [0, 0.1) is 0 Å². The first kappa shape index (κ1) is 15.3. The molecule has 0 amide bonds. The van der Waals surface area contributed by atoms with E-state index in [-0.39, 0.29) is 6.10 Å². The van der Waals surface area contributed by atoms with Crippen LogP contribution in [0.15, 0.2) is 49.1 Å². The number of aryl methyl sites for hydroxylation is 1. The molecule has 1 aliphatic heterocycles. The molecule has 4 rings (SSSR count). The molecule has 1 aliphatic rings. The number of nitrogens with zero attached hydrogens (tertiary/aromatic N) is 3. The van der Waals surface area contributed by atoms with Crippen LogP contribution in [-0.2, 0) is 17.7 Å². The molecule has 24 heavy (non-hydrogen) atoms. The quantitative estimate of drug-likeness (QED) is 0.785. The summed E-state index contributed by atoms with van der Waals surface area (Å²) in [5, 5.41) is 1.32. The highest BCUT2D eigenvalue weighted by molar-refractivity contribution is 5.82. The first-order chi connectivity index (χ1) is 11.9. The fourth-order valence-electron chi connectivity index (χ4n) is 3.38. The molecule has 0 radical (unpaired) electrons. The van der Waals surface area contributed by atoms with Crippen molar-refractivity contribution in [1.29, 1.82) is 0 Å². The van der Waals surface area contributed by atoms with Gasteiger partial charge in [0.25, 0.3) is 0 Å². The van der Waals surface area contributed by atoms with Gasteiger partial charge in [-0.1, -0.05) is 18.2 Å². The van der Waals surface area contributed by atoms with Crippen LogP contribution in [0.1, 0.15) is 17.7 Å². The van der Waals surface area contributed by atoms with Gasteiger partial charge in [0, 0.05) is 48.6 Å². The smallest absolute Gasteiger partial charge is 0.115 e. The minimum Gasteiger partial charge on any atom is -0.376 e. The van der Waals surface area contributed by atoms with Gasteiger partial charge in [-0.05, 0) is 30.5 Å². The summed E-state index contributed by atoms with van der Waals surface area (Å²) in [5.74, 6) is 0. The van der Waals surface area contributed by atoms with Crippen LogP contribution in [-0.4, -0.2) is 45.7 Å². The molecule has 0 spiro atoms. The van der Waals surface area contributed by atoms with Gasteiger partial charge in [0.15, 0.2) is 0 Å². The van der Waals surface area contributed by atoms with E-state index >= 15 is 0 Å². The molecule has 3 heterocycles. The van der Waals surface area contributed by atoms with Gasteiger partial charge in [0.1, 0.15) is 6.33 Å². The number of aromatic amines is 1. The molecule has 5 nitrogen and oxygen atoms in total. The Bertz CT molecular complexity index is 786. The maximum Gasteiger partial charge on any atom is 0.115 e. The Morgan fingerprint density at radius 2 is 2.21 bits per heavy atom. The van der Waals surface area contributed by atoms with Crippen LogP contribution >= 0.6 is 0 Å². The zero-order valence-corrected chi connectivity index (χ0v) is 13.7. The van der Waals surface area contributed by atoms with E-state index in [0.29, 0.717) is 0 Å². The molecular weight excluding hydrogens is 300 g/mol. The summed E-state index contributed by atoms with van der Waals surface area (Å²) in [4.78, 5) is 14.1. The Balaban J connectivity index is 1.36. The second-order valence-electron chi connectivity index (χ2n) is 6.33. The van der Waals surface area contributed by atoms with Crippen LogP contribution in [0.5, 0.6) is 0 Å². The van der Waals surface area contributed by atoms with Crippen molar-refractivity contribution in [2.45, 2.75) is 25.5 Å². The molecule has 0 bridgehead atoms. The van der Waals surface area contributed by atoms with Crippen molar-refractivity contribution in [2.75, 3.05) is 19.7 Å². The zero-order valence-electron chi connectivity index (χ0n) is 13.7. The standard InChI is InChI=1S/C19H22N4O/c1-2-4-19-18(3-1)15(11-21-19)12-23-9-10-24-17(13-23)6-5-16-7-8-20-14-22-16/h1-4,7-8,11,14,17,21H,5-6,9-10,12-13H2/t17-/m0/s1. The second-order valence-corrected chi connectivity index (χ2v) is 6.33. The highest BCUT2D eigenvalue weighted by Crippen LogP contribution is 2.21. The molecule has 2 aromatic heterocycles. The molecule has 1 aromatic carbocycles. The lowest BCUT2D eigenvalue weighted by Gasteiger charge is -2.32. The number of para-hydroxylation sites is 1. The van der Waals surface area contributed by atoms with E-state index in [9.17, 15) is 0 Å². The summed E-state index contributed by atoms with van der Waals surface area (Å²) in [6.07, 6.45) is 7.76. The van der Waals surface area contributed by atoms with Gasteiger partial charge in [-0.2, -0.15) is 0 Å². The monoisotopic (exact) mass is 322 g/mol. The summed E-state index contributed by atoms with van der Waals surface area (Å²) in [6.45, 7) is 3.74. The maximum absolute atomic E-state index is 5.94. The number of hydrogen-bond acceptors (Lipinski definition) is 4. The van der Waals surface area contributed by atoms with Crippen molar-refractivity contribution in [3.8, 4) is 0 Å². The van der Waals surface area contributed by atoms with Gasteiger partial charge >= 0.3 is 0 Å². The number of H-pyrrole nitrogens is 1. The summed E-state index contributed by atoms with van der Waals surface area (Å²) < 4.78 is 5.94. The molecule has 124 valence electrons. The SMILES string of the molecule is c1ccc2c(CN3CCO[C@@H](CCc4ccncn4)C3)c[nH]c2c1. The Morgan fingerprint density at radius 3 is 3.12 bits per heavy atom. The molecule has 1 atom stereocenters. The van der Waals surface area contributed by atoms with Crippen molar-refractivity contribution in [2.24, 2.45) is 0 Å². The van der Waals surface area contributed by atoms with E-state index < -0.39 is 0 Å². The summed E-state index contributed by atoms with van der Waals surface area (Å²) >= 11 is 0. The van der Waals surface area contributed by atoms with Gasteiger partial charge in [-0.25, -0.2) is 9.97 Å². The molecule has 0 saturated carbocycles. The van der Waals surface area contributed by atoms with Crippen molar-refractivity contribution >= 4 is 10.9 Å². The lowest BCUT2D eigenvalue weighted by Crippen LogP contribution is -2.42. The Labute approximate surface area is 141 Å². The van der Waals surface area contributed by atoms with E-state index in [1.54, 1.807) is 12.5 Å². The lowest BCUT2D eigenvalue weighted by molar-refractivity contribution is -0.0345. The first-order valence-electron chi connectivity index (χ1n) is 8.52. The minimum absolute atomic E-state index is 0.277. The molecule has 1 fully saturated rings. The summed E-state index contributed by atoms with van der Waals surface area (Å²) in [7, 11) is 0. The Morgan fingerprint density at radius 1 is 1.25 bits per heavy atom. The summed E-state index contributed by atoms with van der Waals surface area (Å²) in [6, 6.07) is 10.5. The maximum atomic E-state index is 5.94. The van der Waals surface area contributed by atoms with Crippen molar-refractivity contribution in [1.82, 2.24) is 19.9 Å². The summed E-state index contributed by atoms with van der Waals surface area (Å²) in [5.41, 5.74) is 3.66. The Hall–Kier alpha value is -2.24. The number of nitrogens with one attached hydrogen (secondary N) is 1. The van der Waals surface area contributed by atoms with E-state index in [1.807, 2.05) is 6.07 Å². The minimum atomic E-state index is 0.277. The predicted octanol–water partition coefficient (Wildman–Crippen LogP) is 2.79. The second kappa shape index (κ2) is 7.11. The number of hydrogen-bond donors (Lipinski definition) is 1. The fraction of sp³-hybridized carbons (Fsp3) is 0.368. The van der Waals surface area contributed by atoms with Crippen LogP contribution < -0.4 is 0 Å². The number of benzene rings is 1. The number of aromatic nitrogens is 3. The van der Waals surface area contributed by atoms with Crippen LogP contribution in [0.4, 0.5) is 0 Å². The highest BCUT2D eigenvalue weighted by atomic mass is 16.5. The Kier molecular flexibility index (Phi) is 4.53. The van der Waals surface area contributed by atoms with Gasteiger partial charge in [-0.3, -0.25) is 4.90 Å². The lowest BCUT2D eigenvalue weighted by atomic mass is 10.1. The van der Waals surface area contributed by atoms with Gasteiger partial charge in [0.05, 0.1) is 12.7 Å². The third kappa shape index (κ3) is 3.47. The number of ether oxygens (including phenoxy) is 1. The van der Waals surface area contributed by atoms with Gasteiger partial charge in [-0.15, -0.1) is 0 Å². The third-order valence-electron chi connectivity index (χ3n) is 4.66. The third-order valence-corrected chi connectivity index (χ3v) is 4.66. The topological polar surface area (TPSA) is 54.0 Å². The highest BCUT2D eigenvalue weighted by Gasteiger charge is 2.21. The molecule has 5 heteroatoms. The fourth-order valence-corrected chi connectivity index (χ4v) is 3.38. The van der Waals surface area contributed by atoms with Crippen LogP contribution in [0.2, 0.25) is 0 Å². The molecule has 0 aliphatic carbocycles. The van der Waals surface area contributed by atoms with E-state index in [0.717, 1.165) is 44.8 Å². The van der Waals surface area contributed by atoms with Crippen LogP contribution in [0.3, 0.4) is 0 Å². The van der Waals surface area contributed by atoms with E-state index in [2.05, 4.69) is 50.3 Å². The number of fused-ring (bicyclic) bond motifs is 1. The number of rotatable bonds is 5. The predicted molar refractivity (Wildman–Crippen MR) is 93.7 cm³/mol. The average Bonchev–Trinajstić information content (AvgIpc) is 3.04. The molecular formula is C19H22N4O. The van der Waals surface area contributed by atoms with Gasteiger partial charge in [0.2, 0.25) is 0 Å². The van der Waals surface area contributed by atoms with E-state index in [4.69, 9.17) is 4.74 Å². The molecule has 3 aromatic rings. The van der Waals surface area contributed by atoms with E-state index in [1.165, 1.54) is 16.5 Å². The first-order valence-corrected chi connectivity index (χ1v) is 8.52. The molecule has 1 saturated heterocycles. The normalized spacial score (nSPS) is 18.9. The van der Waals surface area contributed by atoms with Crippen molar-refractivity contribution < 1.29 is 4.74 Å². The average molecular weight is 322 g/mol. The molecule has 1 N–H and O–H groups in total.